The molecule has 2 aromatic rings. The van der Waals surface area contributed by atoms with Crippen molar-refractivity contribution < 1.29 is 16.8 Å². The van der Waals surface area contributed by atoms with Crippen molar-refractivity contribution in [3.05, 3.63) is 48.5 Å². The molecule has 10 heteroatoms. The van der Waals surface area contributed by atoms with Crippen LogP contribution < -0.4 is 18.4 Å². The minimum absolute atomic E-state index is 0.174. The summed E-state index contributed by atoms with van der Waals surface area (Å²) in [6, 6.07) is 13.6. The number of hydrogen-bond acceptors (Lipinski definition) is 4. The zero-order chi connectivity index (χ0) is 17.8. The Hall–Kier alpha value is -0.701. The van der Waals surface area contributed by atoms with Crippen LogP contribution in [0.5, 0.6) is 0 Å². The normalized spacial score (nSPS) is 12.2. The van der Waals surface area contributed by atoms with Crippen LogP contribution in [0, 0.1) is 0 Å². The number of sulfonamides is 2. The van der Waals surface area contributed by atoms with Crippen molar-refractivity contribution in [3.63, 3.8) is 0 Å². The summed E-state index contributed by atoms with van der Waals surface area (Å²) in [6.07, 6.45) is 0. The van der Waals surface area contributed by atoms with Crippen molar-refractivity contribution in [2.45, 2.75) is 9.79 Å². The van der Waals surface area contributed by atoms with Gasteiger partial charge in [0, 0.05) is 0 Å². The molecule has 0 amide bonds. The van der Waals surface area contributed by atoms with Crippen LogP contribution >= 0.6 is 0 Å². The fourth-order valence-electron chi connectivity index (χ4n) is 1.79. The van der Waals surface area contributed by atoms with Gasteiger partial charge in [-0.05, 0) is 0 Å². The first-order valence-corrected chi connectivity index (χ1v) is 15.7. The molecule has 0 aliphatic carbocycles. The minimum atomic E-state index is -3.53. The molecule has 0 unspecified atom stereocenters. The van der Waals surface area contributed by atoms with Gasteiger partial charge in [0.2, 0.25) is 0 Å². The van der Waals surface area contributed by atoms with Gasteiger partial charge in [0.25, 0.3) is 0 Å². The molecule has 2 N–H and O–H groups in total. The number of nitrogens with one attached hydrogen (secondary N) is 2. The zero-order valence-corrected chi connectivity index (χ0v) is 17.9. The van der Waals surface area contributed by atoms with Gasteiger partial charge in [0.15, 0.2) is 0 Å². The number of benzene rings is 2. The third kappa shape index (κ3) is 4.47. The van der Waals surface area contributed by atoms with E-state index in [0.29, 0.717) is 0 Å². The third-order valence-corrected chi connectivity index (χ3v) is 13.8. The van der Waals surface area contributed by atoms with Crippen LogP contribution in [0.4, 0.5) is 0 Å². The molecule has 0 aromatic heterocycles. The first kappa shape index (κ1) is 19.6. The topological polar surface area (TPSA) is 92.3 Å². The van der Waals surface area contributed by atoms with Gasteiger partial charge in [-0.15, -0.1) is 0 Å². The molecule has 0 fully saturated rings. The van der Waals surface area contributed by atoms with Crippen LogP contribution in [-0.2, 0) is 20.0 Å². The van der Waals surface area contributed by atoms with Crippen molar-refractivity contribution in [1.29, 1.82) is 0 Å². The molecule has 6 nitrogen and oxygen atoms in total. The Kier molecular flexibility index (Phi) is 6.64. The summed E-state index contributed by atoms with van der Waals surface area (Å²) in [7, 11) is -4.31. The van der Waals surface area contributed by atoms with Gasteiger partial charge in [-0.1, -0.05) is 0 Å². The molecule has 0 aliphatic heterocycles. The van der Waals surface area contributed by atoms with Crippen LogP contribution in [0.1, 0.15) is 0 Å². The predicted octanol–water partition coefficient (Wildman–Crippen LogP) is -1.22. The van der Waals surface area contributed by atoms with Crippen molar-refractivity contribution in [2.24, 2.45) is 0 Å². The summed E-state index contributed by atoms with van der Waals surface area (Å²) >= 11 is -0.347. The van der Waals surface area contributed by atoms with Gasteiger partial charge in [-0.25, -0.2) is 0 Å². The summed E-state index contributed by atoms with van der Waals surface area (Å²) in [5.41, 5.74) is 0. The molecule has 0 aliphatic rings. The van der Waals surface area contributed by atoms with Crippen LogP contribution in [-0.4, -0.2) is 57.2 Å². The van der Waals surface area contributed by atoms with E-state index in [9.17, 15) is 16.8 Å². The molecule has 0 atom stereocenters. The Morgan fingerprint density at radius 1 is 0.667 bits per heavy atom. The van der Waals surface area contributed by atoms with Gasteiger partial charge in [0.05, 0.1) is 0 Å². The van der Waals surface area contributed by atoms with Gasteiger partial charge in [-0.3, -0.25) is 0 Å². The monoisotopic (exact) mass is 500 g/mol. The van der Waals surface area contributed by atoms with Gasteiger partial charge in [0.1, 0.15) is 0 Å². The second-order valence-electron chi connectivity index (χ2n) is 4.48. The van der Waals surface area contributed by atoms with E-state index in [1.54, 1.807) is 48.5 Å². The average Bonchev–Trinajstić information content (AvgIpc) is 2.60. The molecule has 0 radical (unpaired) electrons. The quantitative estimate of drug-likeness (QED) is 0.469. The zero-order valence-electron chi connectivity index (χ0n) is 12.9. The van der Waals surface area contributed by atoms with E-state index in [0.717, 1.165) is 8.92 Å². The average molecular weight is 498 g/mol. The fourth-order valence-corrected chi connectivity index (χ4v) is 13.2. The summed E-state index contributed by atoms with van der Waals surface area (Å²) in [4.78, 5) is 0.506. The third-order valence-electron chi connectivity index (χ3n) is 3.04. The molecule has 0 saturated heterocycles. The van der Waals surface area contributed by atoms with E-state index in [-0.39, 0.29) is 36.1 Å². The second kappa shape index (κ2) is 8.12. The maximum atomic E-state index is 12.1. The van der Waals surface area contributed by atoms with E-state index in [4.69, 9.17) is 0 Å². The molecular formula is C14H16N2O4S2Se2. The van der Waals surface area contributed by atoms with E-state index in [1.165, 1.54) is 14.1 Å². The molecule has 0 bridgehead atoms. The summed E-state index contributed by atoms with van der Waals surface area (Å²) in [5, 5.41) is 0. The van der Waals surface area contributed by atoms with Crippen molar-refractivity contribution >= 4 is 55.2 Å². The SMILES string of the molecule is CNS(=O)(=O)c1ccccc1[Se][Se]c1ccccc1S(=O)(=O)NC. The number of hydrogen-bond donors (Lipinski definition) is 2. The molecular weight excluding hydrogens is 482 g/mol. The van der Waals surface area contributed by atoms with E-state index < -0.39 is 20.0 Å². The summed E-state index contributed by atoms with van der Waals surface area (Å²) in [6.45, 7) is 0. The first-order chi connectivity index (χ1) is 11.3. The molecule has 2 rings (SSSR count). The van der Waals surface area contributed by atoms with E-state index >= 15 is 0 Å². The van der Waals surface area contributed by atoms with Crippen LogP contribution in [0.15, 0.2) is 58.3 Å². The van der Waals surface area contributed by atoms with Crippen molar-refractivity contribution in [2.75, 3.05) is 14.1 Å². The molecule has 2 aromatic carbocycles. The number of rotatable bonds is 7. The molecule has 0 spiro atoms. The van der Waals surface area contributed by atoms with Gasteiger partial charge in [-0.2, -0.15) is 0 Å². The molecule has 24 heavy (non-hydrogen) atoms. The summed E-state index contributed by atoms with van der Waals surface area (Å²) < 4.78 is 54.5. The maximum absolute atomic E-state index is 12.1. The van der Waals surface area contributed by atoms with Crippen molar-refractivity contribution in [3.8, 4) is 0 Å². The fraction of sp³-hybridized carbons (Fsp3) is 0.143. The predicted molar refractivity (Wildman–Crippen MR) is 96.2 cm³/mol. The van der Waals surface area contributed by atoms with Gasteiger partial charge < -0.3 is 0 Å². The Morgan fingerprint density at radius 3 is 1.33 bits per heavy atom. The summed E-state index contributed by atoms with van der Waals surface area (Å²) in [5.74, 6) is 0. The Morgan fingerprint density at radius 2 is 1.00 bits per heavy atom. The van der Waals surface area contributed by atoms with Crippen molar-refractivity contribution in [1.82, 2.24) is 9.44 Å². The van der Waals surface area contributed by atoms with E-state index in [2.05, 4.69) is 9.44 Å². The standard InChI is InChI=1S/C14H16N2O4S2Se2/c1-15-21(17,18)11-7-3-5-9-13(11)23-24-14-10-6-4-8-12(14)22(19,20)16-2/h3-10,15-16H,1-2H3. The first-order valence-electron chi connectivity index (χ1n) is 6.71. The second-order valence-corrected chi connectivity index (χ2v) is 14.4. The van der Waals surface area contributed by atoms with E-state index in [1.807, 2.05) is 0 Å². The molecule has 0 heterocycles. The Balaban J connectivity index is 2.35. The van der Waals surface area contributed by atoms with Crippen LogP contribution in [0.25, 0.3) is 0 Å². The van der Waals surface area contributed by atoms with Crippen LogP contribution in [0.3, 0.4) is 0 Å². The van der Waals surface area contributed by atoms with Crippen LogP contribution in [0.2, 0.25) is 0 Å². The molecule has 0 saturated carbocycles. The molecule has 130 valence electrons. The Labute approximate surface area is 153 Å². The van der Waals surface area contributed by atoms with Gasteiger partial charge >= 0.3 is 154 Å². The Bertz CT molecular complexity index is 854.